The van der Waals surface area contributed by atoms with Crippen LogP contribution in [0.4, 0.5) is 11.4 Å². The van der Waals surface area contributed by atoms with E-state index in [1.165, 1.54) is 11.6 Å². The maximum atomic E-state index is 13.0. The first-order valence-corrected chi connectivity index (χ1v) is 13.2. The van der Waals surface area contributed by atoms with Gasteiger partial charge in [0.15, 0.2) is 0 Å². The van der Waals surface area contributed by atoms with E-state index in [2.05, 4.69) is 48.3 Å². The lowest BCUT2D eigenvalue weighted by Gasteiger charge is -2.34. The topological polar surface area (TPSA) is 77.6 Å². The number of carbonyl (C=O) groups excluding carboxylic acids is 2. The Labute approximate surface area is 226 Å². The van der Waals surface area contributed by atoms with Gasteiger partial charge in [-0.3, -0.25) is 19.5 Å². The fourth-order valence-corrected chi connectivity index (χ4v) is 4.68. The molecule has 2 heterocycles. The minimum absolute atomic E-state index is 0.207. The van der Waals surface area contributed by atoms with Gasteiger partial charge < -0.3 is 15.5 Å². The number of amides is 2. The summed E-state index contributed by atoms with van der Waals surface area (Å²) in [7, 11) is 0. The summed E-state index contributed by atoms with van der Waals surface area (Å²) in [4.78, 5) is 34.3. The standard InChI is InChI=1S/C29H32BrN5O2/c1-3-34-13-15-35(16-14-34)20-24-9-8-23(17-26(24)30)29(37)32-25-10-6-21(2)27(18-25)33-28(36)11-7-22-5-4-12-31-19-22/h4-12,17-19H,3,13-16,20H2,1-2H3,(H,32,37)(H,33,36)/b11-7+. The zero-order valence-corrected chi connectivity index (χ0v) is 22.8. The predicted molar refractivity (Wildman–Crippen MR) is 153 cm³/mol. The van der Waals surface area contributed by atoms with Crippen molar-refractivity contribution in [3.05, 3.63) is 93.7 Å². The van der Waals surface area contributed by atoms with Gasteiger partial charge in [0.1, 0.15) is 0 Å². The monoisotopic (exact) mass is 561 g/mol. The van der Waals surface area contributed by atoms with E-state index >= 15 is 0 Å². The van der Waals surface area contributed by atoms with Crippen molar-refractivity contribution >= 4 is 45.2 Å². The van der Waals surface area contributed by atoms with E-state index in [0.717, 1.165) is 54.9 Å². The lowest BCUT2D eigenvalue weighted by Crippen LogP contribution is -2.45. The summed E-state index contributed by atoms with van der Waals surface area (Å²) in [5.41, 5.74) is 4.72. The van der Waals surface area contributed by atoms with Crippen molar-refractivity contribution in [2.75, 3.05) is 43.4 Å². The lowest BCUT2D eigenvalue weighted by atomic mass is 10.1. The van der Waals surface area contributed by atoms with E-state index in [-0.39, 0.29) is 11.8 Å². The highest BCUT2D eigenvalue weighted by molar-refractivity contribution is 9.10. The summed E-state index contributed by atoms with van der Waals surface area (Å²) in [5.74, 6) is -0.465. The second kappa shape index (κ2) is 12.8. The molecule has 0 radical (unpaired) electrons. The van der Waals surface area contributed by atoms with Crippen molar-refractivity contribution < 1.29 is 9.59 Å². The Morgan fingerprint density at radius 1 is 1.03 bits per heavy atom. The summed E-state index contributed by atoms with van der Waals surface area (Å²) >= 11 is 3.66. The normalized spacial score (nSPS) is 14.6. The molecule has 1 saturated heterocycles. The number of nitrogens with one attached hydrogen (secondary N) is 2. The molecular weight excluding hydrogens is 530 g/mol. The Morgan fingerprint density at radius 3 is 2.51 bits per heavy atom. The van der Waals surface area contributed by atoms with Gasteiger partial charge in [-0.05, 0) is 66.6 Å². The molecule has 0 spiro atoms. The van der Waals surface area contributed by atoms with Crippen LogP contribution in [0.1, 0.15) is 34.0 Å². The number of likely N-dealkylation sites (N-methyl/N-ethyl adjacent to an activating group) is 1. The first-order chi connectivity index (χ1) is 17.9. The van der Waals surface area contributed by atoms with Crippen LogP contribution in [0.25, 0.3) is 6.08 Å². The van der Waals surface area contributed by atoms with Gasteiger partial charge in [-0.25, -0.2) is 0 Å². The number of piperazine rings is 1. The van der Waals surface area contributed by atoms with E-state index in [1.54, 1.807) is 24.5 Å². The third-order valence-electron chi connectivity index (χ3n) is 6.49. The Balaban J connectivity index is 1.37. The number of anilines is 2. The van der Waals surface area contributed by atoms with E-state index in [1.807, 2.05) is 49.4 Å². The molecule has 192 valence electrons. The average molecular weight is 563 g/mol. The maximum absolute atomic E-state index is 13.0. The van der Waals surface area contributed by atoms with Gasteiger partial charge in [-0.1, -0.05) is 41.1 Å². The molecule has 0 unspecified atom stereocenters. The lowest BCUT2D eigenvalue weighted by molar-refractivity contribution is -0.111. The number of benzene rings is 2. The molecule has 0 aliphatic carbocycles. The number of halogens is 1. The highest BCUT2D eigenvalue weighted by Crippen LogP contribution is 2.24. The van der Waals surface area contributed by atoms with Crippen molar-refractivity contribution in [1.29, 1.82) is 0 Å². The van der Waals surface area contributed by atoms with Gasteiger partial charge >= 0.3 is 0 Å². The van der Waals surface area contributed by atoms with E-state index in [9.17, 15) is 9.59 Å². The van der Waals surface area contributed by atoms with E-state index < -0.39 is 0 Å². The Bertz CT molecular complexity index is 1270. The summed E-state index contributed by atoms with van der Waals surface area (Å²) in [6, 6.07) is 14.9. The van der Waals surface area contributed by atoms with Gasteiger partial charge in [0.2, 0.25) is 5.91 Å². The van der Waals surface area contributed by atoms with Crippen LogP contribution in [0.5, 0.6) is 0 Å². The van der Waals surface area contributed by atoms with Gasteiger partial charge in [0.05, 0.1) is 0 Å². The molecule has 1 aliphatic heterocycles. The van der Waals surface area contributed by atoms with Crippen LogP contribution >= 0.6 is 15.9 Å². The quantitative estimate of drug-likeness (QED) is 0.370. The van der Waals surface area contributed by atoms with Crippen LogP contribution in [-0.4, -0.2) is 59.3 Å². The van der Waals surface area contributed by atoms with Crippen LogP contribution < -0.4 is 10.6 Å². The zero-order chi connectivity index (χ0) is 26.2. The summed E-state index contributed by atoms with van der Waals surface area (Å²) in [6.07, 6.45) is 6.53. The van der Waals surface area contributed by atoms with Crippen LogP contribution in [0.2, 0.25) is 0 Å². The fourth-order valence-electron chi connectivity index (χ4n) is 4.18. The Morgan fingerprint density at radius 2 is 1.81 bits per heavy atom. The number of pyridine rings is 1. The molecule has 2 aromatic carbocycles. The molecule has 3 aromatic rings. The van der Waals surface area contributed by atoms with Gasteiger partial charge in [-0.15, -0.1) is 0 Å². The molecule has 2 amide bonds. The summed E-state index contributed by atoms with van der Waals surface area (Å²) in [5, 5.41) is 5.83. The van der Waals surface area contributed by atoms with Crippen LogP contribution in [0.15, 0.2) is 71.5 Å². The molecule has 0 bridgehead atoms. The average Bonchev–Trinajstić information content (AvgIpc) is 2.91. The number of rotatable bonds is 8. The second-order valence-corrected chi connectivity index (χ2v) is 9.96. The first kappa shape index (κ1) is 26.7. The molecular formula is C29H32BrN5O2. The number of hydrogen-bond donors (Lipinski definition) is 2. The molecule has 1 fully saturated rings. The van der Waals surface area contributed by atoms with Crippen molar-refractivity contribution in [3.63, 3.8) is 0 Å². The van der Waals surface area contributed by atoms with Crippen LogP contribution in [0.3, 0.4) is 0 Å². The molecule has 37 heavy (non-hydrogen) atoms. The van der Waals surface area contributed by atoms with Crippen molar-refractivity contribution in [1.82, 2.24) is 14.8 Å². The van der Waals surface area contributed by atoms with Gasteiger partial charge in [-0.2, -0.15) is 0 Å². The van der Waals surface area contributed by atoms with Gasteiger partial charge in [0, 0.05) is 72.6 Å². The molecule has 4 rings (SSSR count). The van der Waals surface area contributed by atoms with Crippen molar-refractivity contribution in [2.24, 2.45) is 0 Å². The number of aromatic nitrogens is 1. The predicted octanol–water partition coefficient (Wildman–Crippen LogP) is 5.19. The number of carbonyl (C=O) groups is 2. The molecule has 0 atom stereocenters. The third kappa shape index (κ3) is 7.58. The Kier molecular flexibility index (Phi) is 9.22. The van der Waals surface area contributed by atoms with E-state index in [0.29, 0.717) is 16.9 Å². The summed E-state index contributed by atoms with van der Waals surface area (Å²) in [6.45, 7) is 10.3. The molecule has 8 heteroatoms. The van der Waals surface area contributed by atoms with E-state index in [4.69, 9.17) is 0 Å². The van der Waals surface area contributed by atoms with Crippen LogP contribution in [-0.2, 0) is 11.3 Å². The number of hydrogen-bond acceptors (Lipinski definition) is 5. The van der Waals surface area contributed by atoms with Crippen molar-refractivity contribution in [2.45, 2.75) is 20.4 Å². The number of nitrogens with zero attached hydrogens (tertiary/aromatic N) is 3. The maximum Gasteiger partial charge on any atom is 0.255 e. The highest BCUT2D eigenvalue weighted by atomic mass is 79.9. The molecule has 1 aromatic heterocycles. The zero-order valence-electron chi connectivity index (χ0n) is 21.2. The molecule has 2 N–H and O–H groups in total. The highest BCUT2D eigenvalue weighted by Gasteiger charge is 2.17. The largest absolute Gasteiger partial charge is 0.322 e. The minimum Gasteiger partial charge on any atom is -0.322 e. The SMILES string of the molecule is CCN1CCN(Cc2ccc(C(=O)Nc3ccc(C)c(NC(=O)/C=C/c4cccnc4)c3)cc2Br)CC1. The van der Waals surface area contributed by atoms with Crippen molar-refractivity contribution in [3.8, 4) is 0 Å². The van der Waals surface area contributed by atoms with Gasteiger partial charge in [0.25, 0.3) is 5.91 Å². The number of aryl methyl sites for hydroxylation is 1. The molecule has 7 nitrogen and oxygen atoms in total. The molecule has 0 saturated carbocycles. The fraction of sp³-hybridized carbons (Fsp3) is 0.276. The first-order valence-electron chi connectivity index (χ1n) is 12.5. The molecule has 1 aliphatic rings. The summed E-state index contributed by atoms with van der Waals surface area (Å²) < 4.78 is 0.926. The Hall–Kier alpha value is -3.33. The second-order valence-electron chi connectivity index (χ2n) is 9.11. The minimum atomic E-state index is -0.258. The third-order valence-corrected chi connectivity index (χ3v) is 7.22. The smallest absolute Gasteiger partial charge is 0.255 e. The van der Waals surface area contributed by atoms with Crippen LogP contribution in [0, 0.1) is 6.92 Å².